The van der Waals surface area contributed by atoms with Gasteiger partial charge in [0.2, 0.25) is 5.95 Å². The molecule has 6 nitrogen and oxygen atoms in total. The first-order valence-corrected chi connectivity index (χ1v) is 8.66. The number of nitrogens with zero attached hydrogens (tertiary/aromatic N) is 4. The molecule has 0 saturated carbocycles. The fourth-order valence-corrected chi connectivity index (χ4v) is 3.18. The predicted molar refractivity (Wildman–Crippen MR) is 92.5 cm³/mol. The number of nitrogens with one attached hydrogen (secondary N) is 2. The van der Waals surface area contributed by atoms with Gasteiger partial charge >= 0.3 is 0 Å². The van der Waals surface area contributed by atoms with Crippen LogP contribution in [0.15, 0.2) is 12.4 Å². The molecular weight excluding hydrogens is 307 g/mol. The summed E-state index contributed by atoms with van der Waals surface area (Å²) in [5.74, 6) is 0.994. The van der Waals surface area contributed by atoms with Crippen LogP contribution in [0.5, 0.6) is 0 Å². The Kier molecular flexibility index (Phi) is 5.08. The van der Waals surface area contributed by atoms with Crippen molar-refractivity contribution in [1.29, 1.82) is 0 Å². The number of aryl methyl sites for hydroxylation is 1. The quantitative estimate of drug-likeness (QED) is 0.881. The largest absolute Gasteiger partial charge is 0.351 e. The fourth-order valence-electron chi connectivity index (χ4n) is 3.18. The van der Waals surface area contributed by atoms with Gasteiger partial charge in [0.1, 0.15) is 11.5 Å². The summed E-state index contributed by atoms with van der Waals surface area (Å²) in [6, 6.07) is 0.512. The van der Waals surface area contributed by atoms with E-state index in [2.05, 4.69) is 39.4 Å². The van der Waals surface area contributed by atoms with Crippen LogP contribution in [-0.4, -0.2) is 38.7 Å². The molecule has 1 aliphatic heterocycles. The van der Waals surface area contributed by atoms with Gasteiger partial charge in [-0.25, -0.2) is 19.3 Å². The van der Waals surface area contributed by atoms with E-state index >= 15 is 0 Å². The van der Waals surface area contributed by atoms with Crippen LogP contribution in [0.4, 0.5) is 10.3 Å². The monoisotopic (exact) mass is 332 g/mol. The minimum atomic E-state index is -0.421. The molecule has 0 spiro atoms. The van der Waals surface area contributed by atoms with E-state index in [4.69, 9.17) is 0 Å². The Morgan fingerprint density at radius 3 is 2.71 bits per heavy atom. The van der Waals surface area contributed by atoms with Gasteiger partial charge in [-0.15, -0.1) is 0 Å². The Balaban J connectivity index is 1.93. The highest BCUT2D eigenvalue weighted by molar-refractivity contribution is 5.57. The first kappa shape index (κ1) is 16.8. The summed E-state index contributed by atoms with van der Waals surface area (Å²) in [6.45, 7) is 8.14. The number of imidazole rings is 1. The molecule has 1 saturated heterocycles. The minimum absolute atomic E-state index is 0.188. The van der Waals surface area contributed by atoms with Gasteiger partial charge in [-0.05, 0) is 39.8 Å². The number of piperidine rings is 1. The Morgan fingerprint density at radius 2 is 2.04 bits per heavy atom. The number of hydrogen-bond acceptors (Lipinski definition) is 5. The van der Waals surface area contributed by atoms with Crippen molar-refractivity contribution in [2.75, 3.05) is 18.4 Å². The first-order valence-electron chi connectivity index (χ1n) is 8.66. The summed E-state index contributed by atoms with van der Waals surface area (Å²) < 4.78 is 16.4. The van der Waals surface area contributed by atoms with Gasteiger partial charge in [0.25, 0.3) is 0 Å². The highest BCUT2D eigenvalue weighted by Crippen LogP contribution is 2.26. The van der Waals surface area contributed by atoms with Crippen LogP contribution in [0.25, 0.3) is 11.4 Å². The van der Waals surface area contributed by atoms with E-state index in [1.54, 1.807) is 6.20 Å². The maximum atomic E-state index is 14.4. The lowest BCUT2D eigenvalue weighted by Gasteiger charge is -2.23. The first-order chi connectivity index (χ1) is 11.6. The third-order valence-corrected chi connectivity index (χ3v) is 4.37. The highest BCUT2D eigenvalue weighted by Gasteiger charge is 2.20. The van der Waals surface area contributed by atoms with Crippen LogP contribution >= 0.6 is 0 Å². The van der Waals surface area contributed by atoms with Gasteiger partial charge in [-0.3, -0.25) is 0 Å². The molecular formula is C17H25FN6. The van der Waals surface area contributed by atoms with Gasteiger partial charge in [0.05, 0.1) is 18.1 Å². The van der Waals surface area contributed by atoms with Gasteiger partial charge in [0.15, 0.2) is 5.82 Å². The summed E-state index contributed by atoms with van der Waals surface area (Å²) in [5.41, 5.74) is 1.01. The van der Waals surface area contributed by atoms with Crippen LogP contribution in [0, 0.1) is 5.82 Å². The molecule has 0 bridgehead atoms. The molecule has 7 heteroatoms. The third kappa shape index (κ3) is 3.40. The van der Waals surface area contributed by atoms with E-state index in [0.717, 1.165) is 38.2 Å². The fraction of sp³-hybridized carbons (Fsp3) is 0.588. The average Bonchev–Trinajstić information content (AvgIpc) is 3.01. The molecule has 2 N–H and O–H groups in total. The van der Waals surface area contributed by atoms with Crippen LogP contribution < -0.4 is 10.6 Å². The molecule has 3 rings (SSSR count). The van der Waals surface area contributed by atoms with Crippen molar-refractivity contribution in [2.24, 2.45) is 0 Å². The van der Waals surface area contributed by atoms with Gasteiger partial charge in [0, 0.05) is 18.5 Å². The topological polar surface area (TPSA) is 67.7 Å². The molecule has 0 radical (unpaired) electrons. The lowest BCUT2D eigenvalue weighted by Crippen LogP contribution is -2.35. The number of hydrogen-bond donors (Lipinski definition) is 2. The summed E-state index contributed by atoms with van der Waals surface area (Å²) in [4.78, 5) is 13.0. The molecule has 0 atom stereocenters. The van der Waals surface area contributed by atoms with Crippen molar-refractivity contribution < 1.29 is 4.39 Å². The second kappa shape index (κ2) is 7.25. The standard InChI is InChI=1S/C17H25FN6/c1-4-15-20-10-14(24(15)11(2)3)16-13(18)9-21-17(23-16)22-12-5-7-19-8-6-12/h9-12,19H,4-8H2,1-3H3,(H,21,22,23). The Hall–Kier alpha value is -2.02. The van der Waals surface area contributed by atoms with Crippen LogP contribution in [0.2, 0.25) is 0 Å². The molecule has 0 aliphatic carbocycles. The smallest absolute Gasteiger partial charge is 0.223 e. The van der Waals surface area contributed by atoms with E-state index in [9.17, 15) is 4.39 Å². The summed E-state index contributed by atoms with van der Waals surface area (Å²) in [6.07, 6.45) is 5.78. The average molecular weight is 332 g/mol. The molecule has 0 unspecified atom stereocenters. The molecule has 2 aromatic heterocycles. The van der Waals surface area contributed by atoms with Crippen molar-refractivity contribution in [2.45, 2.75) is 52.1 Å². The van der Waals surface area contributed by atoms with E-state index in [0.29, 0.717) is 23.4 Å². The van der Waals surface area contributed by atoms with Gasteiger partial charge in [-0.2, -0.15) is 0 Å². The maximum Gasteiger partial charge on any atom is 0.223 e. The normalized spacial score (nSPS) is 15.9. The van der Waals surface area contributed by atoms with E-state index in [1.807, 2.05) is 11.5 Å². The molecule has 0 amide bonds. The molecule has 130 valence electrons. The van der Waals surface area contributed by atoms with Crippen molar-refractivity contribution in [3.8, 4) is 11.4 Å². The van der Waals surface area contributed by atoms with Crippen LogP contribution in [-0.2, 0) is 6.42 Å². The summed E-state index contributed by atoms with van der Waals surface area (Å²) in [5, 5.41) is 6.65. The van der Waals surface area contributed by atoms with Crippen molar-refractivity contribution in [3.05, 3.63) is 24.0 Å². The molecule has 3 heterocycles. The lowest BCUT2D eigenvalue weighted by atomic mass is 10.1. The zero-order valence-corrected chi connectivity index (χ0v) is 14.5. The molecule has 2 aromatic rings. The molecule has 1 aliphatic rings. The maximum absolute atomic E-state index is 14.4. The molecule has 1 fully saturated rings. The predicted octanol–water partition coefficient (Wildman–Crippen LogP) is 2.79. The third-order valence-electron chi connectivity index (χ3n) is 4.37. The van der Waals surface area contributed by atoms with Crippen molar-refractivity contribution >= 4 is 5.95 Å². The van der Waals surface area contributed by atoms with Crippen LogP contribution in [0.3, 0.4) is 0 Å². The van der Waals surface area contributed by atoms with Crippen molar-refractivity contribution in [3.63, 3.8) is 0 Å². The summed E-state index contributed by atoms with van der Waals surface area (Å²) in [7, 11) is 0. The van der Waals surface area contributed by atoms with E-state index < -0.39 is 5.82 Å². The van der Waals surface area contributed by atoms with Crippen molar-refractivity contribution in [1.82, 2.24) is 24.8 Å². The number of anilines is 1. The Morgan fingerprint density at radius 1 is 1.29 bits per heavy atom. The van der Waals surface area contributed by atoms with E-state index in [1.165, 1.54) is 6.20 Å². The van der Waals surface area contributed by atoms with E-state index in [-0.39, 0.29) is 6.04 Å². The second-order valence-electron chi connectivity index (χ2n) is 6.44. The van der Waals surface area contributed by atoms with Gasteiger partial charge in [-0.1, -0.05) is 6.92 Å². The number of halogens is 1. The zero-order valence-electron chi connectivity index (χ0n) is 14.5. The van der Waals surface area contributed by atoms with Crippen LogP contribution in [0.1, 0.15) is 45.5 Å². The SMILES string of the molecule is CCc1ncc(-c2nc(NC3CCNCC3)ncc2F)n1C(C)C. The second-order valence-corrected chi connectivity index (χ2v) is 6.44. The number of aromatic nitrogens is 4. The lowest BCUT2D eigenvalue weighted by molar-refractivity contribution is 0.476. The Labute approximate surface area is 141 Å². The Bertz CT molecular complexity index is 690. The zero-order chi connectivity index (χ0) is 17.1. The highest BCUT2D eigenvalue weighted by atomic mass is 19.1. The molecule has 24 heavy (non-hydrogen) atoms. The number of rotatable bonds is 5. The molecule has 0 aromatic carbocycles. The minimum Gasteiger partial charge on any atom is -0.351 e. The summed E-state index contributed by atoms with van der Waals surface area (Å²) >= 11 is 0. The van der Waals surface area contributed by atoms with Gasteiger partial charge < -0.3 is 15.2 Å².